The number of carbonyl (C=O) groups is 6. The van der Waals surface area contributed by atoms with Crippen molar-refractivity contribution >= 4 is 35.4 Å². The predicted octanol–water partition coefficient (Wildman–Crippen LogP) is -19.8. The van der Waals surface area contributed by atoms with E-state index < -0.39 is 371 Å². The van der Waals surface area contributed by atoms with Crippen LogP contribution in [0.3, 0.4) is 0 Å². The second kappa shape index (κ2) is 42.7. The number of amides is 6. The number of hydrogen-bond donors (Lipinski definition) is 29. The molecule has 9 fully saturated rings. The van der Waals surface area contributed by atoms with E-state index in [1.807, 2.05) is 0 Å². The third-order valence-electron chi connectivity index (χ3n) is 21.1. The minimum Gasteiger partial charge on any atom is -0.394 e. The molecule has 9 aliphatic rings. The largest absolute Gasteiger partial charge is 0.394 e. The third-order valence-corrected chi connectivity index (χ3v) is 21.1. The molecule has 52 nitrogen and oxygen atoms in total. The van der Waals surface area contributed by atoms with Crippen molar-refractivity contribution in [3.63, 3.8) is 0 Å². The topological polar surface area (TPSA) is 797 Å². The highest BCUT2D eigenvalue weighted by atomic mass is 16.8. The zero-order valence-electron chi connectivity index (χ0n) is 64.0. The second-order valence-electron chi connectivity index (χ2n) is 29.7. The van der Waals surface area contributed by atoms with Crippen molar-refractivity contribution in [2.45, 2.75) is 318 Å². The van der Waals surface area contributed by atoms with Gasteiger partial charge in [-0.1, -0.05) is 0 Å². The van der Waals surface area contributed by atoms with Gasteiger partial charge in [-0.05, 0) is 0 Å². The molecule has 0 spiro atoms. The Hall–Kier alpha value is -4.78. The fourth-order valence-electron chi connectivity index (χ4n) is 15.2. The number of rotatable bonds is 31. The average Bonchev–Trinajstić information content (AvgIpc) is 0.759. The van der Waals surface area contributed by atoms with E-state index in [1.165, 1.54) is 0 Å². The van der Waals surface area contributed by atoms with Crippen LogP contribution >= 0.6 is 0 Å². The molecular formula is C66H110N6O46. The van der Waals surface area contributed by atoms with E-state index in [0.29, 0.717) is 0 Å². The van der Waals surface area contributed by atoms with Gasteiger partial charge in [0.25, 0.3) is 0 Å². The van der Waals surface area contributed by atoms with E-state index in [9.17, 15) is 146 Å². The van der Waals surface area contributed by atoms with Crippen LogP contribution in [0.4, 0.5) is 0 Å². The Kier molecular flexibility index (Phi) is 35.1. The predicted molar refractivity (Wildman–Crippen MR) is 367 cm³/mol. The van der Waals surface area contributed by atoms with Gasteiger partial charge < -0.3 is 230 Å². The maximum Gasteiger partial charge on any atom is 0.217 e. The van der Waals surface area contributed by atoms with Crippen molar-refractivity contribution < 1.29 is 227 Å². The lowest BCUT2D eigenvalue weighted by Gasteiger charge is -2.51. The van der Waals surface area contributed by atoms with E-state index in [4.69, 9.17) is 80.5 Å². The van der Waals surface area contributed by atoms with Crippen molar-refractivity contribution in [1.82, 2.24) is 31.9 Å². The van der Waals surface area contributed by atoms with Crippen molar-refractivity contribution in [2.24, 2.45) is 0 Å². The Labute approximate surface area is 669 Å². The molecule has 0 unspecified atom stereocenters. The lowest BCUT2D eigenvalue weighted by molar-refractivity contribution is -0.403. The highest BCUT2D eigenvalue weighted by Gasteiger charge is 2.61. The Balaban J connectivity index is 1.13. The van der Waals surface area contributed by atoms with Crippen LogP contribution in [0, 0.1) is 0 Å². The summed E-state index contributed by atoms with van der Waals surface area (Å²) in [7, 11) is 0. The molecule has 29 N–H and O–H groups in total. The molecule has 0 aliphatic carbocycles. The first kappa shape index (κ1) is 97.0. The molecule has 0 aromatic rings. The number of aliphatic hydroxyl groups excluding tert-OH is 23. The van der Waals surface area contributed by atoms with Crippen LogP contribution in [0.25, 0.3) is 0 Å². The Morgan fingerprint density at radius 1 is 0.220 bits per heavy atom. The summed E-state index contributed by atoms with van der Waals surface area (Å²) in [5.74, 6) is -5.29. The van der Waals surface area contributed by atoms with Crippen LogP contribution in [0.1, 0.15) is 41.5 Å². The number of hydrogen-bond acceptors (Lipinski definition) is 46. The van der Waals surface area contributed by atoms with Crippen molar-refractivity contribution in [2.75, 3.05) is 59.5 Å². The molecule has 0 aromatic heterocycles. The van der Waals surface area contributed by atoms with Gasteiger partial charge in [0.05, 0.1) is 59.5 Å². The molecule has 0 radical (unpaired) electrons. The molecule has 9 heterocycles. The van der Waals surface area contributed by atoms with Gasteiger partial charge in [-0.3, -0.25) is 28.8 Å². The zero-order valence-corrected chi connectivity index (χ0v) is 64.0. The van der Waals surface area contributed by atoms with Crippen molar-refractivity contribution in [3.8, 4) is 0 Å². The van der Waals surface area contributed by atoms with Gasteiger partial charge in [-0.15, -0.1) is 0 Å². The van der Waals surface area contributed by atoms with E-state index in [2.05, 4.69) is 31.9 Å². The quantitative estimate of drug-likeness (QED) is 0.0306. The summed E-state index contributed by atoms with van der Waals surface area (Å²) in [4.78, 5) is 75.9. The van der Waals surface area contributed by atoms with Crippen molar-refractivity contribution in [1.29, 1.82) is 0 Å². The number of ether oxygens (including phenoxy) is 17. The molecule has 118 heavy (non-hydrogen) atoms. The van der Waals surface area contributed by atoms with E-state index >= 15 is 0 Å². The first-order chi connectivity index (χ1) is 55.8. The minimum atomic E-state index is -2.65. The van der Waals surface area contributed by atoms with Gasteiger partial charge in [0.2, 0.25) is 35.4 Å². The van der Waals surface area contributed by atoms with E-state index in [-0.39, 0.29) is 0 Å². The van der Waals surface area contributed by atoms with Gasteiger partial charge in [0.15, 0.2) is 56.6 Å². The van der Waals surface area contributed by atoms with Gasteiger partial charge in [-0.25, -0.2) is 0 Å². The van der Waals surface area contributed by atoms with Crippen molar-refractivity contribution in [3.05, 3.63) is 0 Å². The summed E-state index contributed by atoms with van der Waals surface area (Å²) in [5, 5.41) is 274. The van der Waals surface area contributed by atoms with Crippen LogP contribution in [0.5, 0.6) is 0 Å². The normalized spacial score (nSPS) is 46.9. The minimum absolute atomic E-state index is 0.801. The van der Waals surface area contributed by atoms with Gasteiger partial charge in [0.1, 0.15) is 219 Å². The van der Waals surface area contributed by atoms with E-state index in [1.54, 1.807) is 0 Å². The molecule has 52 heteroatoms. The fourth-order valence-corrected chi connectivity index (χ4v) is 15.2. The number of aliphatic hydroxyl groups is 23. The zero-order chi connectivity index (χ0) is 87.1. The number of nitrogens with one attached hydrogen (secondary N) is 6. The Morgan fingerprint density at radius 3 is 0.847 bits per heavy atom. The SMILES string of the molecule is CC(=O)N[C@@H]1[C@H](O[C@@H]2[C@@H](O[C@@H]3[C@H](O)[C@H](O[C@H]4[C@H](O)[C@@H](NC(C)=O)[C@H](O[C@H]5[C@H](O)[C@@H](NC(C)=O)[C@H](O)O[C@@H]5CO)O[C@@H]4CO)O[C@H](CO[C@H]4O[C@H](CO[C@H]5O[C@H](CO)[C@@H](O)[C@H](O)[C@H]5NC(C)=O)[C@@H](O)[C@H](O)[C@@H]4O[C@@H]4O[C@H](CO)[C@@H](O)[C@H](O)[C@H]4NC(C)=O)[C@H]3O)O[C@H](CO)[C@@H](O[C@@H]3O[C@H](CO)[C@@H](O)[C@H](O)[C@H]3NC(C)=O)[C@@H]2O)O[C@H](CO)[C@@H](O)[C@@H]1O. The maximum absolute atomic E-state index is 13.1. The molecule has 9 saturated heterocycles. The standard InChI is InChI=1S/C66H110N6O46/c1-16(80)67-31-47(96)52(26(11-77)104-58(31)101)113-63-36(72-21(6)85)48(97)53(27(12-78)109-63)115-64-51(100)55(116-66-57(118-62-35(71-20(5)84)46(95)40(89)25(10-76)108-62)50(99)54(28(13-79)110-66)114-60-33(69-18(3)82)44(93)38(87)23(8-74)106-60)42(91)30(111-64)15-103-65-56(117-61-34(70-19(4)83)45(94)39(88)24(9-75)107-61)49(98)41(90)29(112-65)14-102-59-32(68-17(2)81)43(92)37(86)22(7-73)105-59/h22-66,73-79,86-101H,7-15H2,1-6H3,(H,67,80)(H,68,81)(H,69,82)(H,70,83)(H,71,84)(H,72,85)/t22-,23-,24-,25-,26-,27-,28-,29-,30-,31-,32-,33-,34-,35+,36-,37-,38-,39-,40-,41-,42-,43-,44-,45-,46-,47-,48-,49+,50+,51+,52-,53-,54-,55+,56+,57+,58-,59+,60+,61+,62+,63+,64+,65+,66-/m1/s1. The molecule has 6 amide bonds. The first-order valence-corrected chi connectivity index (χ1v) is 37.6. The smallest absolute Gasteiger partial charge is 0.217 e. The lowest BCUT2D eigenvalue weighted by atomic mass is 9.93. The Morgan fingerprint density at radius 2 is 0.466 bits per heavy atom. The van der Waals surface area contributed by atoms with Gasteiger partial charge in [0, 0.05) is 41.5 Å². The summed E-state index contributed by atoms with van der Waals surface area (Å²) >= 11 is 0. The molecule has 45 atom stereocenters. The molecule has 0 aromatic carbocycles. The molecule has 9 rings (SSSR count). The molecular weight excluding hydrogens is 1610 g/mol. The highest BCUT2D eigenvalue weighted by Crippen LogP contribution is 2.40. The number of carbonyl (C=O) groups excluding carboxylic acids is 6. The van der Waals surface area contributed by atoms with E-state index in [0.717, 1.165) is 41.5 Å². The summed E-state index contributed by atoms with van der Waals surface area (Å²) < 4.78 is 103. The molecule has 0 bridgehead atoms. The molecule has 0 saturated carbocycles. The lowest BCUT2D eigenvalue weighted by Crippen LogP contribution is -2.71. The van der Waals surface area contributed by atoms with Crippen LogP contribution in [-0.4, -0.2) is 488 Å². The van der Waals surface area contributed by atoms with Gasteiger partial charge >= 0.3 is 0 Å². The summed E-state index contributed by atoms with van der Waals surface area (Å²) in [6.45, 7) is -4.10. The van der Waals surface area contributed by atoms with Crippen LogP contribution in [0.15, 0.2) is 0 Å². The average molecular weight is 1720 g/mol. The fraction of sp³-hybridized carbons (Fsp3) is 0.909. The summed E-state index contributed by atoms with van der Waals surface area (Å²) in [6, 6.07) is -10.8. The molecule has 9 aliphatic heterocycles. The van der Waals surface area contributed by atoms with Gasteiger partial charge in [-0.2, -0.15) is 0 Å². The molecule has 680 valence electrons. The maximum atomic E-state index is 13.1. The Bertz CT molecular complexity index is 3230. The van der Waals surface area contributed by atoms with Crippen LogP contribution in [-0.2, 0) is 109 Å². The monoisotopic (exact) mass is 1720 g/mol. The summed E-state index contributed by atoms with van der Waals surface area (Å²) in [6.07, 6.45) is -82.3. The summed E-state index contributed by atoms with van der Waals surface area (Å²) in [5.41, 5.74) is 0. The van der Waals surface area contributed by atoms with Crippen LogP contribution < -0.4 is 31.9 Å². The highest BCUT2D eigenvalue weighted by molar-refractivity contribution is 5.75. The third kappa shape index (κ3) is 22.1. The first-order valence-electron chi connectivity index (χ1n) is 37.6. The van der Waals surface area contributed by atoms with Crippen LogP contribution in [0.2, 0.25) is 0 Å². The second-order valence-corrected chi connectivity index (χ2v) is 29.7.